The van der Waals surface area contributed by atoms with Gasteiger partial charge in [0.25, 0.3) is 0 Å². The summed E-state index contributed by atoms with van der Waals surface area (Å²) in [5.41, 5.74) is 6.95. The number of benzene rings is 1. The average Bonchev–Trinajstić information content (AvgIpc) is 2.38. The minimum Gasteiger partial charge on any atom is -0.349 e. The second kappa shape index (κ2) is 6.15. The number of amides is 1. The van der Waals surface area contributed by atoms with Crippen molar-refractivity contribution in [1.82, 2.24) is 5.32 Å². The van der Waals surface area contributed by atoms with Crippen LogP contribution in [0.15, 0.2) is 24.3 Å². The second-order valence-electron chi connectivity index (χ2n) is 6.09. The van der Waals surface area contributed by atoms with Gasteiger partial charge in [0, 0.05) is 10.6 Å². The number of nitrogens with two attached hydrogens (primary N) is 1. The van der Waals surface area contributed by atoms with Crippen LogP contribution in [0.4, 0.5) is 0 Å². The number of halogens is 1. The fourth-order valence-corrected chi connectivity index (χ4v) is 3.06. The average molecular weight is 295 g/mol. The zero-order chi connectivity index (χ0) is 14.8. The van der Waals surface area contributed by atoms with Crippen LogP contribution in [0.2, 0.25) is 5.02 Å². The zero-order valence-corrected chi connectivity index (χ0v) is 12.9. The number of carbonyl (C=O) groups excluding carboxylic acids is 1. The Morgan fingerprint density at radius 3 is 2.65 bits per heavy atom. The zero-order valence-electron chi connectivity index (χ0n) is 12.2. The third-order valence-corrected chi connectivity index (χ3v) is 4.55. The van der Waals surface area contributed by atoms with E-state index >= 15 is 0 Å². The van der Waals surface area contributed by atoms with Crippen molar-refractivity contribution in [3.05, 3.63) is 34.9 Å². The predicted octanol–water partition coefficient (Wildman–Crippen LogP) is 3.42. The summed E-state index contributed by atoms with van der Waals surface area (Å²) in [7, 11) is 0. The molecule has 110 valence electrons. The van der Waals surface area contributed by atoms with Crippen molar-refractivity contribution in [2.75, 3.05) is 0 Å². The molecule has 0 spiro atoms. The Balaban J connectivity index is 2.01. The van der Waals surface area contributed by atoms with Gasteiger partial charge in [0.2, 0.25) is 5.91 Å². The van der Waals surface area contributed by atoms with Gasteiger partial charge in [-0.3, -0.25) is 4.79 Å². The number of carbonyl (C=O) groups is 1. The summed E-state index contributed by atoms with van der Waals surface area (Å²) in [6.45, 7) is 3.97. The highest BCUT2D eigenvalue weighted by atomic mass is 35.5. The van der Waals surface area contributed by atoms with Crippen LogP contribution in [0, 0.1) is 5.92 Å². The molecule has 2 rings (SSSR count). The normalized spacial score (nSPS) is 27.9. The Bertz CT molecular complexity index is 470. The van der Waals surface area contributed by atoms with E-state index in [4.69, 9.17) is 17.3 Å². The van der Waals surface area contributed by atoms with Gasteiger partial charge in [0.1, 0.15) is 0 Å². The van der Waals surface area contributed by atoms with Crippen molar-refractivity contribution >= 4 is 17.5 Å². The van der Waals surface area contributed by atoms with Crippen LogP contribution in [-0.4, -0.2) is 11.4 Å². The smallest absolute Gasteiger partial charge is 0.225 e. The fourth-order valence-electron chi connectivity index (χ4n) is 2.94. The van der Waals surface area contributed by atoms with Crippen LogP contribution in [0.5, 0.6) is 0 Å². The van der Waals surface area contributed by atoms with E-state index in [0.29, 0.717) is 5.02 Å². The summed E-state index contributed by atoms with van der Waals surface area (Å²) in [4.78, 5) is 12.4. The first-order valence-corrected chi connectivity index (χ1v) is 7.62. The Morgan fingerprint density at radius 1 is 1.40 bits per heavy atom. The molecule has 3 nitrogen and oxygen atoms in total. The van der Waals surface area contributed by atoms with Crippen LogP contribution < -0.4 is 11.1 Å². The molecule has 1 amide bonds. The van der Waals surface area contributed by atoms with Crippen LogP contribution in [0.1, 0.15) is 51.1 Å². The Hall–Kier alpha value is -1.06. The largest absolute Gasteiger partial charge is 0.349 e. The lowest BCUT2D eigenvalue weighted by Crippen LogP contribution is -2.53. The molecule has 1 aromatic rings. The van der Waals surface area contributed by atoms with Gasteiger partial charge in [-0.05, 0) is 44.4 Å². The molecular formula is C16H23ClN2O. The van der Waals surface area contributed by atoms with Crippen molar-refractivity contribution in [2.45, 2.75) is 51.1 Å². The van der Waals surface area contributed by atoms with E-state index in [1.807, 2.05) is 38.1 Å². The highest BCUT2D eigenvalue weighted by molar-refractivity contribution is 6.30. The molecule has 1 fully saturated rings. The number of hydrogen-bond acceptors (Lipinski definition) is 2. The van der Waals surface area contributed by atoms with Gasteiger partial charge >= 0.3 is 0 Å². The van der Waals surface area contributed by atoms with Crippen LogP contribution >= 0.6 is 11.6 Å². The third-order valence-electron chi connectivity index (χ3n) is 4.30. The molecule has 0 aromatic heterocycles. The molecule has 20 heavy (non-hydrogen) atoms. The van der Waals surface area contributed by atoms with Gasteiger partial charge < -0.3 is 11.1 Å². The topological polar surface area (TPSA) is 55.1 Å². The van der Waals surface area contributed by atoms with E-state index in [1.165, 1.54) is 0 Å². The maximum absolute atomic E-state index is 12.4. The van der Waals surface area contributed by atoms with E-state index < -0.39 is 0 Å². The van der Waals surface area contributed by atoms with Gasteiger partial charge in [-0.25, -0.2) is 0 Å². The van der Waals surface area contributed by atoms with E-state index in [-0.39, 0.29) is 23.4 Å². The van der Waals surface area contributed by atoms with E-state index in [0.717, 1.165) is 31.2 Å². The van der Waals surface area contributed by atoms with Crippen molar-refractivity contribution < 1.29 is 4.79 Å². The van der Waals surface area contributed by atoms with Gasteiger partial charge in [-0.15, -0.1) is 0 Å². The number of hydrogen-bond donors (Lipinski definition) is 2. The van der Waals surface area contributed by atoms with Gasteiger partial charge in [0.05, 0.1) is 12.0 Å². The Morgan fingerprint density at radius 2 is 2.05 bits per heavy atom. The van der Waals surface area contributed by atoms with Crippen molar-refractivity contribution in [3.63, 3.8) is 0 Å². The lowest BCUT2D eigenvalue weighted by Gasteiger charge is -2.37. The molecule has 3 atom stereocenters. The van der Waals surface area contributed by atoms with Gasteiger partial charge in [0.15, 0.2) is 0 Å². The molecule has 1 aliphatic rings. The lowest BCUT2D eigenvalue weighted by molar-refractivity contribution is -0.128. The molecule has 0 saturated heterocycles. The quantitative estimate of drug-likeness (QED) is 0.897. The first-order chi connectivity index (χ1) is 9.40. The molecule has 0 radical (unpaired) electrons. The maximum Gasteiger partial charge on any atom is 0.225 e. The molecule has 1 aromatic carbocycles. The first-order valence-electron chi connectivity index (χ1n) is 7.25. The first kappa shape index (κ1) is 15.3. The molecule has 3 unspecified atom stereocenters. The SMILES string of the molecule is CC(NC(=O)C1CCCCC1(C)N)c1ccc(Cl)cc1. The summed E-state index contributed by atoms with van der Waals surface area (Å²) < 4.78 is 0. The molecule has 1 aliphatic carbocycles. The van der Waals surface area contributed by atoms with E-state index in [1.54, 1.807) is 0 Å². The van der Waals surface area contributed by atoms with Crippen LogP contribution in [-0.2, 0) is 4.79 Å². The molecule has 3 N–H and O–H groups in total. The Labute approximate surface area is 125 Å². The summed E-state index contributed by atoms with van der Waals surface area (Å²) in [6, 6.07) is 7.53. The maximum atomic E-state index is 12.4. The van der Waals surface area contributed by atoms with Crippen molar-refractivity contribution in [1.29, 1.82) is 0 Å². The summed E-state index contributed by atoms with van der Waals surface area (Å²) in [5, 5.41) is 3.78. The molecular weight excluding hydrogens is 272 g/mol. The minimum atomic E-state index is -0.387. The van der Waals surface area contributed by atoms with E-state index in [2.05, 4.69) is 5.32 Å². The van der Waals surface area contributed by atoms with Crippen LogP contribution in [0.25, 0.3) is 0 Å². The van der Waals surface area contributed by atoms with Gasteiger partial charge in [-0.2, -0.15) is 0 Å². The molecule has 1 saturated carbocycles. The Kier molecular flexibility index (Phi) is 4.71. The van der Waals surface area contributed by atoms with Crippen molar-refractivity contribution in [2.24, 2.45) is 11.7 Å². The molecule has 0 heterocycles. The van der Waals surface area contributed by atoms with Crippen molar-refractivity contribution in [3.8, 4) is 0 Å². The van der Waals surface area contributed by atoms with Crippen LogP contribution in [0.3, 0.4) is 0 Å². The lowest BCUT2D eigenvalue weighted by atomic mass is 9.74. The highest BCUT2D eigenvalue weighted by Crippen LogP contribution is 2.32. The summed E-state index contributed by atoms with van der Waals surface area (Å²) >= 11 is 5.88. The second-order valence-corrected chi connectivity index (χ2v) is 6.52. The predicted molar refractivity (Wildman–Crippen MR) is 82.6 cm³/mol. The standard InChI is InChI=1S/C16H23ClN2O/c1-11(12-6-8-13(17)9-7-12)19-15(20)14-5-3-4-10-16(14,2)18/h6-9,11,14H,3-5,10,18H2,1-2H3,(H,19,20). The third kappa shape index (κ3) is 3.53. The van der Waals surface area contributed by atoms with Gasteiger partial charge in [-0.1, -0.05) is 36.6 Å². The molecule has 0 bridgehead atoms. The highest BCUT2D eigenvalue weighted by Gasteiger charge is 2.38. The van der Waals surface area contributed by atoms with E-state index in [9.17, 15) is 4.79 Å². The molecule has 0 aliphatic heterocycles. The number of rotatable bonds is 3. The minimum absolute atomic E-state index is 0.0301. The molecule has 4 heteroatoms. The monoisotopic (exact) mass is 294 g/mol. The summed E-state index contributed by atoms with van der Waals surface area (Å²) in [5.74, 6) is -0.0249. The summed E-state index contributed by atoms with van der Waals surface area (Å²) in [6.07, 6.45) is 4.00. The fraction of sp³-hybridized carbons (Fsp3) is 0.562. The number of nitrogens with one attached hydrogen (secondary N) is 1.